The van der Waals surface area contributed by atoms with Gasteiger partial charge in [-0.1, -0.05) is 60.5 Å². The van der Waals surface area contributed by atoms with Crippen molar-refractivity contribution < 1.29 is 22.4 Å². The number of carbonyl (C=O) groups is 2. The molecule has 0 radical (unpaired) electrons. The number of nitrogens with zero attached hydrogens (tertiary/aromatic N) is 2. The van der Waals surface area contributed by atoms with E-state index in [9.17, 15) is 22.4 Å². The Kier molecular flexibility index (Phi) is 10.4. The minimum atomic E-state index is -4.23. The lowest BCUT2D eigenvalue weighted by molar-refractivity contribution is -0.140. The summed E-state index contributed by atoms with van der Waals surface area (Å²) in [7, 11) is -4.23. The van der Waals surface area contributed by atoms with Gasteiger partial charge in [0, 0.05) is 12.6 Å². The molecule has 3 aromatic carbocycles. The summed E-state index contributed by atoms with van der Waals surface area (Å²) in [4.78, 5) is 28.3. The van der Waals surface area contributed by atoms with Crippen LogP contribution in [0.3, 0.4) is 0 Å². The van der Waals surface area contributed by atoms with Crippen molar-refractivity contribution in [2.75, 3.05) is 10.8 Å². The molecule has 0 spiro atoms. The molecule has 0 fully saturated rings. The van der Waals surface area contributed by atoms with Crippen molar-refractivity contribution in [2.45, 2.75) is 50.7 Å². The first-order valence-electron chi connectivity index (χ1n) is 12.3. The van der Waals surface area contributed by atoms with Gasteiger partial charge in [0.1, 0.15) is 18.4 Å². The number of anilines is 1. The van der Waals surface area contributed by atoms with Gasteiger partial charge in [-0.25, -0.2) is 12.8 Å². The Morgan fingerprint density at radius 3 is 2.15 bits per heavy atom. The van der Waals surface area contributed by atoms with E-state index in [0.29, 0.717) is 5.56 Å². The van der Waals surface area contributed by atoms with Crippen LogP contribution in [-0.4, -0.2) is 43.8 Å². The minimum Gasteiger partial charge on any atom is -0.352 e. The van der Waals surface area contributed by atoms with Crippen LogP contribution < -0.4 is 9.62 Å². The summed E-state index contributed by atoms with van der Waals surface area (Å²) in [5.74, 6) is -1.45. The standard InChI is InChI=1S/C28H30Cl2FN3O4S/c1-4-26(28(36)32-19(2)3)33(17-20-10-12-21(31)13-11-20)27(35)18-34(22-14-15-24(29)25(30)16-22)39(37,38)23-8-6-5-7-9-23/h5-16,19,26H,4,17-18H2,1-3H3,(H,32,36)/t26-/m0/s1. The largest absolute Gasteiger partial charge is 0.352 e. The number of amides is 2. The summed E-state index contributed by atoms with van der Waals surface area (Å²) in [5.41, 5.74) is 0.704. The van der Waals surface area contributed by atoms with Gasteiger partial charge in [0.05, 0.1) is 20.6 Å². The minimum absolute atomic E-state index is 0.0291. The maximum atomic E-state index is 13.9. The van der Waals surface area contributed by atoms with Gasteiger partial charge < -0.3 is 10.2 Å². The molecule has 39 heavy (non-hydrogen) atoms. The lowest BCUT2D eigenvalue weighted by Gasteiger charge is -2.33. The molecule has 0 saturated carbocycles. The highest BCUT2D eigenvalue weighted by atomic mass is 35.5. The lowest BCUT2D eigenvalue weighted by Crippen LogP contribution is -2.53. The van der Waals surface area contributed by atoms with Crippen LogP contribution in [0.1, 0.15) is 32.8 Å². The molecule has 208 valence electrons. The second-order valence-electron chi connectivity index (χ2n) is 9.16. The second kappa shape index (κ2) is 13.3. The molecule has 3 aromatic rings. The zero-order valence-electron chi connectivity index (χ0n) is 21.8. The molecule has 7 nitrogen and oxygen atoms in total. The van der Waals surface area contributed by atoms with Gasteiger partial charge in [-0.05, 0) is 68.3 Å². The highest BCUT2D eigenvalue weighted by molar-refractivity contribution is 7.92. The van der Waals surface area contributed by atoms with E-state index in [1.165, 1.54) is 59.5 Å². The third-order valence-electron chi connectivity index (χ3n) is 5.88. The maximum Gasteiger partial charge on any atom is 0.264 e. The van der Waals surface area contributed by atoms with Crippen molar-refractivity contribution in [3.05, 3.63) is 94.2 Å². The quantitative estimate of drug-likeness (QED) is 0.311. The number of hydrogen-bond donors (Lipinski definition) is 1. The molecule has 3 rings (SSSR count). The van der Waals surface area contributed by atoms with Crippen LogP contribution in [-0.2, 0) is 26.2 Å². The number of benzene rings is 3. The van der Waals surface area contributed by atoms with Crippen molar-refractivity contribution in [3.63, 3.8) is 0 Å². The van der Waals surface area contributed by atoms with Crippen molar-refractivity contribution in [1.29, 1.82) is 0 Å². The lowest BCUT2D eigenvalue weighted by atomic mass is 10.1. The fourth-order valence-electron chi connectivity index (χ4n) is 3.98. The van der Waals surface area contributed by atoms with Crippen LogP contribution in [0.4, 0.5) is 10.1 Å². The van der Waals surface area contributed by atoms with Crippen LogP contribution in [0.25, 0.3) is 0 Å². The van der Waals surface area contributed by atoms with Crippen LogP contribution in [0.5, 0.6) is 0 Å². The summed E-state index contributed by atoms with van der Waals surface area (Å²) in [5, 5.41) is 3.15. The molecular formula is C28H30Cl2FN3O4S. The Bertz CT molecular complexity index is 1400. The number of rotatable bonds is 11. The van der Waals surface area contributed by atoms with Gasteiger partial charge in [-0.15, -0.1) is 0 Å². The highest BCUT2D eigenvalue weighted by Gasteiger charge is 2.34. The zero-order chi connectivity index (χ0) is 28.7. The predicted octanol–water partition coefficient (Wildman–Crippen LogP) is 5.66. The molecule has 0 aromatic heterocycles. The first kappa shape index (κ1) is 30.4. The van der Waals surface area contributed by atoms with E-state index in [0.717, 1.165) is 4.31 Å². The first-order chi connectivity index (χ1) is 18.4. The van der Waals surface area contributed by atoms with E-state index < -0.39 is 34.3 Å². The van der Waals surface area contributed by atoms with Gasteiger partial charge in [0.15, 0.2) is 0 Å². The molecule has 0 heterocycles. The van der Waals surface area contributed by atoms with E-state index >= 15 is 0 Å². The van der Waals surface area contributed by atoms with E-state index in [1.54, 1.807) is 39.0 Å². The zero-order valence-corrected chi connectivity index (χ0v) is 24.1. The molecule has 0 aliphatic heterocycles. The molecule has 0 aliphatic carbocycles. The molecular weight excluding hydrogens is 564 g/mol. The molecule has 1 atom stereocenters. The summed E-state index contributed by atoms with van der Waals surface area (Å²) >= 11 is 12.3. The summed E-state index contributed by atoms with van der Waals surface area (Å²) < 4.78 is 42.0. The normalized spacial score (nSPS) is 12.2. The molecule has 0 saturated heterocycles. The SMILES string of the molecule is CC[C@@H](C(=O)NC(C)C)N(Cc1ccc(F)cc1)C(=O)CN(c1ccc(Cl)c(Cl)c1)S(=O)(=O)c1ccccc1. The number of nitrogens with one attached hydrogen (secondary N) is 1. The van der Waals surface area contributed by atoms with Crippen LogP contribution in [0, 0.1) is 5.82 Å². The molecule has 0 bridgehead atoms. The van der Waals surface area contributed by atoms with Crippen LogP contribution in [0.15, 0.2) is 77.7 Å². The molecule has 2 amide bonds. The topological polar surface area (TPSA) is 86.8 Å². The molecule has 1 N–H and O–H groups in total. The van der Waals surface area contributed by atoms with Crippen molar-refractivity contribution in [1.82, 2.24) is 10.2 Å². The van der Waals surface area contributed by atoms with Gasteiger partial charge >= 0.3 is 0 Å². The summed E-state index contributed by atoms with van der Waals surface area (Å²) in [6, 6.07) is 16.4. The van der Waals surface area contributed by atoms with E-state index in [4.69, 9.17) is 23.2 Å². The van der Waals surface area contributed by atoms with Crippen LogP contribution in [0.2, 0.25) is 10.0 Å². The van der Waals surface area contributed by atoms with E-state index in [-0.39, 0.29) is 45.5 Å². The third kappa shape index (κ3) is 7.71. The molecule has 0 aliphatic rings. The van der Waals surface area contributed by atoms with E-state index in [1.807, 2.05) is 0 Å². The highest BCUT2D eigenvalue weighted by Crippen LogP contribution is 2.31. The smallest absolute Gasteiger partial charge is 0.264 e. The Labute approximate surface area is 238 Å². The number of sulfonamides is 1. The number of halogens is 3. The van der Waals surface area contributed by atoms with Crippen molar-refractivity contribution in [2.24, 2.45) is 0 Å². The van der Waals surface area contributed by atoms with Crippen molar-refractivity contribution >= 4 is 50.7 Å². The molecule has 0 unspecified atom stereocenters. The van der Waals surface area contributed by atoms with Gasteiger partial charge in [0.25, 0.3) is 10.0 Å². The number of hydrogen-bond acceptors (Lipinski definition) is 4. The summed E-state index contributed by atoms with van der Waals surface area (Å²) in [6.07, 6.45) is 0.268. The predicted molar refractivity (Wildman–Crippen MR) is 152 cm³/mol. The Balaban J connectivity index is 2.07. The second-order valence-corrected chi connectivity index (χ2v) is 11.8. The maximum absolute atomic E-state index is 13.9. The number of carbonyl (C=O) groups excluding carboxylic acids is 2. The van der Waals surface area contributed by atoms with Crippen LogP contribution >= 0.6 is 23.2 Å². The Hall–Kier alpha value is -3.14. The average Bonchev–Trinajstić information content (AvgIpc) is 2.90. The summed E-state index contributed by atoms with van der Waals surface area (Å²) in [6.45, 7) is 4.70. The monoisotopic (exact) mass is 593 g/mol. The third-order valence-corrected chi connectivity index (χ3v) is 8.41. The fraction of sp³-hybridized carbons (Fsp3) is 0.286. The average molecular weight is 595 g/mol. The van der Waals surface area contributed by atoms with Gasteiger partial charge in [-0.3, -0.25) is 13.9 Å². The fourth-order valence-corrected chi connectivity index (χ4v) is 5.69. The Morgan fingerprint density at radius 1 is 0.949 bits per heavy atom. The van der Waals surface area contributed by atoms with Gasteiger partial charge in [-0.2, -0.15) is 0 Å². The van der Waals surface area contributed by atoms with Crippen molar-refractivity contribution in [3.8, 4) is 0 Å². The first-order valence-corrected chi connectivity index (χ1v) is 14.5. The Morgan fingerprint density at radius 2 is 1.59 bits per heavy atom. The molecule has 11 heteroatoms. The van der Waals surface area contributed by atoms with Gasteiger partial charge in [0.2, 0.25) is 11.8 Å². The van der Waals surface area contributed by atoms with E-state index in [2.05, 4.69) is 5.32 Å².